The Morgan fingerprint density at radius 2 is 1.30 bits per heavy atom. The van der Waals surface area contributed by atoms with Gasteiger partial charge in [0.15, 0.2) is 0 Å². The summed E-state index contributed by atoms with van der Waals surface area (Å²) in [5, 5.41) is 14.1. The Labute approximate surface area is 335 Å². The molecule has 0 saturated heterocycles. The maximum Gasteiger partial charge on any atom is 0.408 e. The SMILES string of the molecule is C.CC(C)C[C@H](NC(=O)[C@H](Cc1ccc(OCc2ccccc2)cc1)NC(=O)OC(C)(C)C)C(=O)N[C@@H](CC1C(=O)Nc2ccccc21)C(=O)Nc1ccccc1. The predicted octanol–water partition coefficient (Wildman–Crippen LogP) is 7.12. The molecule has 5 amide bonds. The number of rotatable bonds is 16. The molecule has 0 radical (unpaired) electrons. The Hall–Kier alpha value is -6.17. The number of alkyl carbamates (subject to hydrolysis) is 1. The molecule has 4 atom stereocenters. The molecule has 0 saturated carbocycles. The van der Waals surface area contributed by atoms with Gasteiger partial charge in [-0.1, -0.05) is 100 Å². The Morgan fingerprint density at radius 3 is 1.95 bits per heavy atom. The number of hydrogen-bond donors (Lipinski definition) is 5. The molecule has 0 aromatic heterocycles. The van der Waals surface area contributed by atoms with Crippen molar-refractivity contribution in [2.45, 2.75) is 97.6 Å². The van der Waals surface area contributed by atoms with E-state index in [4.69, 9.17) is 9.47 Å². The zero-order valence-corrected chi connectivity index (χ0v) is 32.5. The molecule has 302 valence electrons. The smallest absolute Gasteiger partial charge is 0.408 e. The first-order valence-corrected chi connectivity index (χ1v) is 18.9. The average molecular weight is 778 g/mol. The second-order valence-corrected chi connectivity index (χ2v) is 15.3. The zero-order valence-electron chi connectivity index (χ0n) is 32.5. The molecular weight excluding hydrogens is 723 g/mol. The maximum absolute atomic E-state index is 14.1. The largest absolute Gasteiger partial charge is 0.489 e. The van der Waals surface area contributed by atoms with Crippen LogP contribution < -0.4 is 31.3 Å². The van der Waals surface area contributed by atoms with E-state index in [1.54, 1.807) is 63.2 Å². The fourth-order valence-corrected chi connectivity index (χ4v) is 6.33. The van der Waals surface area contributed by atoms with Crippen LogP contribution in [0.15, 0.2) is 109 Å². The molecule has 12 nitrogen and oxygen atoms in total. The molecule has 4 aromatic rings. The predicted molar refractivity (Wildman–Crippen MR) is 222 cm³/mol. The van der Waals surface area contributed by atoms with Crippen molar-refractivity contribution in [3.05, 3.63) is 126 Å². The summed E-state index contributed by atoms with van der Waals surface area (Å²) in [5.41, 5.74) is 2.82. The molecule has 0 aliphatic carbocycles. The van der Waals surface area contributed by atoms with Crippen molar-refractivity contribution in [2.75, 3.05) is 10.6 Å². The van der Waals surface area contributed by atoms with Gasteiger partial charge in [-0.25, -0.2) is 4.79 Å². The van der Waals surface area contributed by atoms with E-state index < -0.39 is 53.5 Å². The number of anilines is 2. The summed E-state index contributed by atoms with van der Waals surface area (Å²) in [6.45, 7) is 9.36. The van der Waals surface area contributed by atoms with E-state index in [1.807, 2.05) is 80.6 Å². The first-order valence-electron chi connectivity index (χ1n) is 18.9. The van der Waals surface area contributed by atoms with E-state index in [2.05, 4.69) is 26.6 Å². The number of benzene rings is 4. The number of carbonyl (C=O) groups excluding carboxylic acids is 5. The lowest BCUT2D eigenvalue weighted by molar-refractivity contribution is -0.132. The highest BCUT2D eigenvalue weighted by molar-refractivity contribution is 6.04. The van der Waals surface area contributed by atoms with Crippen LogP contribution in [0.4, 0.5) is 16.2 Å². The van der Waals surface area contributed by atoms with E-state index >= 15 is 0 Å². The highest BCUT2D eigenvalue weighted by Gasteiger charge is 2.37. The van der Waals surface area contributed by atoms with Crippen molar-refractivity contribution in [1.82, 2.24) is 16.0 Å². The maximum atomic E-state index is 14.1. The van der Waals surface area contributed by atoms with Gasteiger partial charge in [0, 0.05) is 17.8 Å². The van der Waals surface area contributed by atoms with Crippen molar-refractivity contribution < 1.29 is 33.4 Å². The Kier molecular flexibility index (Phi) is 15.4. The van der Waals surface area contributed by atoms with Gasteiger partial charge >= 0.3 is 6.09 Å². The number of fused-ring (bicyclic) bond motifs is 1. The molecule has 57 heavy (non-hydrogen) atoms. The van der Waals surface area contributed by atoms with E-state index in [0.29, 0.717) is 23.7 Å². The lowest BCUT2D eigenvalue weighted by Gasteiger charge is -2.27. The average Bonchev–Trinajstić information content (AvgIpc) is 3.47. The third-order valence-corrected chi connectivity index (χ3v) is 9.02. The number of carbonyl (C=O) groups is 5. The number of ether oxygens (including phenoxy) is 2. The zero-order chi connectivity index (χ0) is 40.2. The van der Waals surface area contributed by atoms with Crippen LogP contribution in [0.3, 0.4) is 0 Å². The standard InChI is InChI=1S/C44H51N5O7.CH4/c1-28(2)24-36(41(52)48-38(40(51)45-31-16-10-7-11-17-31)26-34-33-18-12-13-19-35(33)46-39(34)50)47-42(53)37(49-43(54)56-44(3,4)5)25-29-20-22-32(23-21-29)55-27-30-14-8-6-9-15-30;/h6-23,28,34,36-38H,24-27H2,1-5H3,(H,45,51)(H,46,50)(H,47,53)(H,48,52)(H,49,54);1H4/t34?,36-,37-,38-;/m0./s1. The van der Waals surface area contributed by atoms with E-state index in [9.17, 15) is 24.0 Å². The monoisotopic (exact) mass is 777 g/mol. The van der Waals surface area contributed by atoms with Gasteiger partial charge in [-0.2, -0.15) is 0 Å². The normalized spacial score (nSPS) is 14.8. The molecule has 12 heteroatoms. The molecular formula is C45H55N5O7. The molecule has 1 aliphatic heterocycles. The van der Waals surface area contributed by atoms with Gasteiger partial charge in [-0.3, -0.25) is 19.2 Å². The fourth-order valence-electron chi connectivity index (χ4n) is 6.33. The van der Waals surface area contributed by atoms with Gasteiger partial charge < -0.3 is 36.1 Å². The number of hydrogen-bond acceptors (Lipinski definition) is 7. The van der Waals surface area contributed by atoms with Crippen LogP contribution in [0.2, 0.25) is 0 Å². The second kappa shape index (κ2) is 20.1. The molecule has 5 N–H and O–H groups in total. The Balaban J connectivity index is 0.00000720. The molecule has 1 heterocycles. The van der Waals surface area contributed by atoms with Crippen LogP contribution in [-0.4, -0.2) is 53.4 Å². The van der Waals surface area contributed by atoms with Crippen LogP contribution in [0, 0.1) is 5.92 Å². The van der Waals surface area contributed by atoms with Gasteiger partial charge in [0.25, 0.3) is 0 Å². The first kappa shape index (κ1) is 43.6. The Morgan fingerprint density at radius 1 is 0.702 bits per heavy atom. The van der Waals surface area contributed by atoms with Crippen LogP contribution >= 0.6 is 0 Å². The van der Waals surface area contributed by atoms with E-state index in [-0.39, 0.29) is 38.5 Å². The minimum atomic E-state index is -1.14. The summed E-state index contributed by atoms with van der Waals surface area (Å²) in [4.78, 5) is 68.1. The molecule has 1 aliphatic rings. The van der Waals surface area contributed by atoms with Gasteiger partial charge in [-0.05, 0) is 86.6 Å². The minimum absolute atomic E-state index is 0. The summed E-state index contributed by atoms with van der Waals surface area (Å²) in [6.07, 6.45) is -0.510. The van der Waals surface area contributed by atoms with E-state index in [1.165, 1.54) is 0 Å². The Bertz CT molecular complexity index is 1960. The lowest BCUT2D eigenvalue weighted by atomic mass is 9.92. The third-order valence-electron chi connectivity index (χ3n) is 9.02. The number of amides is 5. The second-order valence-electron chi connectivity index (χ2n) is 15.3. The van der Waals surface area contributed by atoms with Crippen molar-refractivity contribution in [3.63, 3.8) is 0 Å². The van der Waals surface area contributed by atoms with Crippen LogP contribution in [0.25, 0.3) is 0 Å². The quantitative estimate of drug-likeness (QED) is 0.0809. The summed E-state index contributed by atoms with van der Waals surface area (Å²) in [5.74, 6) is -2.13. The highest BCUT2D eigenvalue weighted by atomic mass is 16.6. The molecule has 0 spiro atoms. The van der Waals surface area contributed by atoms with Gasteiger partial charge in [0.2, 0.25) is 23.6 Å². The molecule has 0 bridgehead atoms. The van der Waals surface area contributed by atoms with Crippen molar-refractivity contribution >= 4 is 41.1 Å². The summed E-state index contributed by atoms with van der Waals surface area (Å²) in [6, 6.07) is 29.6. The van der Waals surface area contributed by atoms with Gasteiger partial charge in [0.1, 0.15) is 36.1 Å². The van der Waals surface area contributed by atoms with Gasteiger partial charge in [0.05, 0.1) is 5.92 Å². The van der Waals surface area contributed by atoms with E-state index in [0.717, 1.165) is 16.7 Å². The van der Waals surface area contributed by atoms with Crippen LogP contribution in [-0.2, 0) is 36.9 Å². The molecule has 4 aromatic carbocycles. The van der Waals surface area contributed by atoms with Crippen LogP contribution in [0.1, 0.15) is 77.5 Å². The summed E-state index contributed by atoms with van der Waals surface area (Å²) >= 11 is 0. The first-order chi connectivity index (χ1) is 26.7. The molecule has 5 rings (SSSR count). The summed E-state index contributed by atoms with van der Waals surface area (Å²) in [7, 11) is 0. The summed E-state index contributed by atoms with van der Waals surface area (Å²) < 4.78 is 11.4. The minimum Gasteiger partial charge on any atom is -0.489 e. The number of para-hydroxylation sites is 2. The van der Waals surface area contributed by atoms with Crippen molar-refractivity contribution in [1.29, 1.82) is 0 Å². The van der Waals surface area contributed by atoms with Crippen LogP contribution in [0.5, 0.6) is 5.75 Å². The number of nitrogens with one attached hydrogen (secondary N) is 5. The third kappa shape index (κ3) is 13.2. The highest BCUT2D eigenvalue weighted by Crippen LogP contribution is 2.35. The fraction of sp³-hybridized carbons (Fsp3) is 0.356. The lowest BCUT2D eigenvalue weighted by Crippen LogP contribution is -2.57. The topological polar surface area (TPSA) is 164 Å². The van der Waals surface area contributed by atoms with Gasteiger partial charge in [-0.15, -0.1) is 0 Å². The molecule has 0 fully saturated rings. The van der Waals surface area contributed by atoms with Crippen molar-refractivity contribution in [2.24, 2.45) is 5.92 Å². The van der Waals surface area contributed by atoms with Crippen molar-refractivity contribution in [3.8, 4) is 5.75 Å². The molecule has 1 unspecified atom stereocenters.